The lowest BCUT2D eigenvalue weighted by Gasteiger charge is -2.28. The second-order valence-electron chi connectivity index (χ2n) is 5.67. The van der Waals surface area contributed by atoms with Gasteiger partial charge in [-0.15, -0.1) is 0 Å². The Hall–Kier alpha value is -0.690. The molecule has 0 spiro atoms. The molecule has 144 valence electrons. The Kier molecular flexibility index (Phi) is 15.4. The minimum Gasteiger partial charge on any atom is -0.379 e. The third-order valence-corrected chi connectivity index (χ3v) is 3.85. The van der Waals surface area contributed by atoms with Gasteiger partial charge in [0.25, 0.3) is 0 Å². The third kappa shape index (κ3) is 10.2. The van der Waals surface area contributed by atoms with Crippen LogP contribution < -0.4 is 0 Å². The lowest BCUT2D eigenvalue weighted by Crippen LogP contribution is -2.43. The van der Waals surface area contributed by atoms with Gasteiger partial charge in [-0.3, -0.25) is 4.89 Å². The van der Waals surface area contributed by atoms with Gasteiger partial charge in [0.15, 0.2) is 5.60 Å². The maximum atomic E-state index is 12.3. The molecule has 6 heteroatoms. The Morgan fingerprint density at radius 3 is 1.79 bits per heavy atom. The molecule has 6 nitrogen and oxygen atoms in total. The summed E-state index contributed by atoms with van der Waals surface area (Å²) in [5.41, 5.74) is -0.975. The standard InChI is InChI=1S/C18H36O6/c1-5-9-11-20-13-15-22-18(7-3,8-4)17(19)24-23-16-14-21-12-10-6-2/h5-16H2,1-4H3. The number of carbonyl (C=O) groups is 1. The van der Waals surface area contributed by atoms with E-state index in [9.17, 15) is 4.79 Å². The molecule has 0 fully saturated rings. The van der Waals surface area contributed by atoms with Crippen LogP contribution in [0.3, 0.4) is 0 Å². The monoisotopic (exact) mass is 348 g/mol. The molecular formula is C18H36O6. The van der Waals surface area contributed by atoms with Gasteiger partial charge in [0, 0.05) is 13.2 Å². The first-order valence-electron chi connectivity index (χ1n) is 9.30. The second kappa shape index (κ2) is 15.8. The van der Waals surface area contributed by atoms with E-state index in [-0.39, 0.29) is 6.61 Å². The molecule has 0 rings (SSSR count). The van der Waals surface area contributed by atoms with Crippen LogP contribution >= 0.6 is 0 Å². The fourth-order valence-electron chi connectivity index (χ4n) is 2.06. The molecule has 24 heavy (non-hydrogen) atoms. The fraction of sp³-hybridized carbons (Fsp3) is 0.944. The van der Waals surface area contributed by atoms with Crippen LogP contribution in [0, 0.1) is 0 Å². The third-order valence-electron chi connectivity index (χ3n) is 3.85. The molecule has 0 aliphatic heterocycles. The average molecular weight is 348 g/mol. The first-order chi connectivity index (χ1) is 11.7. The van der Waals surface area contributed by atoms with Gasteiger partial charge in [-0.1, -0.05) is 40.5 Å². The smallest absolute Gasteiger partial charge is 0.373 e. The number of ether oxygens (including phenoxy) is 3. The van der Waals surface area contributed by atoms with Crippen LogP contribution in [-0.2, 0) is 28.8 Å². The van der Waals surface area contributed by atoms with Crippen molar-refractivity contribution in [1.29, 1.82) is 0 Å². The van der Waals surface area contributed by atoms with E-state index in [1.165, 1.54) is 0 Å². The highest BCUT2D eigenvalue weighted by Crippen LogP contribution is 2.22. The Balaban J connectivity index is 4.01. The first kappa shape index (κ1) is 23.3. The molecule has 0 unspecified atom stereocenters. The van der Waals surface area contributed by atoms with Crippen molar-refractivity contribution in [1.82, 2.24) is 0 Å². The summed E-state index contributed by atoms with van der Waals surface area (Å²) >= 11 is 0. The van der Waals surface area contributed by atoms with Gasteiger partial charge in [-0.05, 0) is 25.7 Å². The van der Waals surface area contributed by atoms with Crippen molar-refractivity contribution in [3.05, 3.63) is 0 Å². The molecule has 0 aromatic heterocycles. The van der Waals surface area contributed by atoms with Crippen molar-refractivity contribution in [2.24, 2.45) is 0 Å². The highest BCUT2D eigenvalue weighted by Gasteiger charge is 2.38. The topological polar surface area (TPSA) is 63.2 Å². The molecule has 0 N–H and O–H groups in total. The summed E-state index contributed by atoms with van der Waals surface area (Å²) in [5, 5.41) is 0. The molecule has 0 aromatic carbocycles. The largest absolute Gasteiger partial charge is 0.379 e. The van der Waals surface area contributed by atoms with Crippen molar-refractivity contribution in [3.63, 3.8) is 0 Å². The summed E-state index contributed by atoms with van der Waals surface area (Å²) in [7, 11) is 0. The quantitative estimate of drug-likeness (QED) is 0.227. The molecule has 0 atom stereocenters. The molecule has 0 radical (unpaired) electrons. The second-order valence-corrected chi connectivity index (χ2v) is 5.67. The van der Waals surface area contributed by atoms with Crippen molar-refractivity contribution < 1.29 is 28.8 Å². The maximum absolute atomic E-state index is 12.3. The lowest BCUT2D eigenvalue weighted by atomic mass is 9.97. The minimum absolute atomic E-state index is 0.221. The Morgan fingerprint density at radius 2 is 1.29 bits per heavy atom. The predicted molar refractivity (Wildman–Crippen MR) is 92.8 cm³/mol. The number of unbranched alkanes of at least 4 members (excludes halogenated alkanes) is 2. The summed E-state index contributed by atoms with van der Waals surface area (Å²) < 4.78 is 16.6. The van der Waals surface area contributed by atoms with Gasteiger partial charge in [-0.2, -0.15) is 4.89 Å². The van der Waals surface area contributed by atoms with Crippen LogP contribution in [0.2, 0.25) is 0 Å². The Bertz CT molecular complexity index is 291. The zero-order chi connectivity index (χ0) is 18.1. The van der Waals surface area contributed by atoms with E-state index in [0.717, 1.165) is 32.3 Å². The SMILES string of the molecule is CCCCOCCOOC(=O)C(CC)(CC)OCCOCCCC. The van der Waals surface area contributed by atoms with Crippen LogP contribution in [0.15, 0.2) is 0 Å². The molecule has 0 amide bonds. The molecular weight excluding hydrogens is 312 g/mol. The van der Waals surface area contributed by atoms with E-state index in [1.807, 2.05) is 13.8 Å². The van der Waals surface area contributed by atoms with Crippen molar-refractivity contribution in [2.45, 2.75) is 71.8 Å². The van der Waals surface area contributed by atoms with Crippen LogP contribution in [0.1, 0.15) is 66.2 Å². The van der Waals surface area contributed by atoms with E-state index in [0.29, 0.717) is 39.3 Å². The van der Waals surface area contributed by atoms with Crippen LogP contribution in [0.25, 0.3) is 0 Å². The first-order valence-corrected chi connectivity index (χ1v) is 9.30. The molecule has 0 bridgehead atoms. The van der Waals surface area contributed by atoms with Gasteiger partial charge in [0.1, 0.15) is 6.61 Å². The summed E-state index contributed by atoms with van der Waals surface area (Å²) in [6.45, 7) is 10.9. The van der Waals surface area contributed by atoms with E-state index in [2.05, 4.69) is 13.8 Å². The predicted octanol–water partition coefficient (Wildman–Crippen LogP) is 3.67. The van der Waals surface area contributed by atoms with Crippen LogP contribution in [0.5, 0.6) is 0 Å². The normalized spacial score (nSPS) is 11.7. The van der Waals surface area contributed by atoms with Gasteiger partial charge in [0.2, 0.25) is 0 Å². The van der Waals surface area contributed by atoms with Crippen LogP contribution in [0.4, 0.5) is 0 Å². The van der Waals surface area contributed by atoms with E-state index in [4.69, 9.17) is 24.0 Å². The van der Waals surface area contributed by atoms with Crippen molar-refractivity contribution in [3.8, 4) is 0 Å². The highest BCUT2D eigenvalue weighted by molar-refractivity contribution is 5.78. The summed E-state index contributed by atoms with van der Waals surface area (Å²) in [6.07, 6.45) is 5.28. The number of hydrogen-bond acceptors (Lipinski definition) is 6. The number of rotatable bonds is 17. The van der Waals surface area contributed by atoms with Crippen LogP contribution in [-0.4, -0.2) is 51.2 Å². The number of hydrogen-bond donors (Lipinski definition) is 0. The van der Waals surface area contributed by atoms with Gasteiger partial charge >= 0.3 is 5.97 Å². The Labute approximate surface area is 147 Å². The molecule has 0 aromatic rings. The van der Waals surface area contributed by atoms with Crippen molar-refractivity contribution >= 4 is 5.97 Å². The summed E-state index contributed by atoms with van der Waals surface area (Å²) in [5.74, 6) is -0.491. The highest BCUT2D eigenvalue weighted by atomic mass is 17.2. The van der Waals surface area contributed by atoms with Gasteiger partial charge in [-0.25, -0.2) is 4.79 Å². The molecule has 0 aliphatic rings. The van der Waals surface area contributed by atoms with Crippen molar-refractivity contribution in [2.75, 3.05) is 39.6 Å². The summed E-state index contributed by atoms with van der Waals surface area (Å²) in [4.78, 5) is 22.1. The average Bonchev–Trinajstić information content (AvgIpc) is 2.60. The zero-order valence-corrected chi connectivity index (χ0v) is 15.9. The molecule has 0 heterocycles. The van der Waals surface area contributed by atoms with E-state index in [1.54, 1.807) is 0 Å². The molecule has 0 aliphatic carbocycles. The number of carbonyl (C=O) groups excluding carboxylic acids is 1. The van der Waals surface area contributed by atoms with Gasteiger partial charge in [0.05, 0.1) is 19.8 Å². The zero-order valence-electron chi connectivity index (χ0n) is 15.9. The maximum Gasteiger partial charge on any atom is 0.373 e. The molecule has 0 saturated heterocycles. The Morgan fingerprint density at radius 1 is 0.750 bits per heavy atom. The fourth-order valence-corrected chi connectivity index (χ4v) is 2.06. The van der Waals surface area contributed by atoms with E-state index < -0.39 is 11.6 Å². The van der Waals surface area contributed by atoms with Gasteiger partial charge < -0.3 is 14.2 Å². The minimum atomic E-state index is -0.975. The summed E-state index contributed by atoms with van der Waals surface area (Å²) in [6, 6.07) is 0. The molecule has 0 saturated carbocycles. The van der Waals surface area contributed by atoms with E-state index >= 15 is 0 Å². The lowest BCUT2D eigenvalue weighted by molar-refractivity contribution is -0.292.